The van der Waals surface area contributed by atoms with Crippen LogP contribution in [0.4, 0.5) is 0 Å². The zero-order valence-corrected chi connectivity index (χ0v) is 14.4. The molecule has 1 rings (SSSR count). The zero-order chi connectivity index (χ0) is 17.6. The fourth-order valence-corrected chi connectivity index (χ4v) is 2.07. The minimum Gasteiger partial charge on any atom is -0.496 e. The Morgan fingerprint density at radius 1 is 1.39 bits per heavy atom. The second-order valence-corrected chi connectivity index (χ2v) is 6.11. The van der Waals surface area contributed by atoms with E-state index in [4.69, 9.17) is 21.1 Å². The van der Waals surface area contributed by atoms with Gasteiger partial charge in [-0.1, -0.05) is 25.4 Å². The predicted molar refractivity (Wildman–Crippen MR) is 86.8 cm³/mol. The van der Waals surface area contributed by atoms with Crippen LogP contribution in [-0.2, 0) is 9.53 Å². The molecule has 1 aromatic carbocycles. The smallest absolute Gasteiger partial charge is 0.335 e. The van der Waals surface area contributed by atoms with Crippen molar-refractivity contribution in [3.8, 4) is 5.75 Å². The number of hydrogen-bond donors (Lipinski definition) is 2. The molecule has 6 nitrogen and oxygen atoms in total. The minimum absolute atomic E-state index is 0.0709. The summed E-state index contributed by atoms with van der Waals surface area (Å²) < 4.78 is 9.92. The highest BCUT2D eigenvalue weighted by atomic mass is 35.5. The normalized spacial score (nSPS) is 12.4. The number of esters is 1. The van der Waals surface area contributed by atoms with Crippen molar-refractivity contribution in [3.63, 3.8) is 0 Å². The molecule has 0 spiro atoms. The molecule has 1 aromatic rings. The lowest BCUT2D eigenvalue weighted by molar-refractivity contribution is -0.159. The van der Waals surface area contributed by atoms with Crippen molar-refractivity contribution in [3.05, 3.63) is 28.8 Å². The number of ether oxygens (including phenoxy) is 2. The van der Waals surface area contributed by atoms with Crippen molar-refractivity contribution in [1.82, 2.24) is 5.32 Å². The summed E-state index contributed by atoms with van der Waals surface area (Å²) in [6, 6.07) is 4.70. The summed E-state index contributed by atoms with van der Waals surface area (Å²) in [6.07, 6.45) is -1.34. The first kappa shape index (κ1) is 19.3. The highest BCUT2D eigenvalue weighted by Crippen LogP contribution is 2.24. The quantitative estimate of drug-likeness (QED) is 0.740. The third kappa shape index (κ3) is 5.11. The molecule has 0 aromatic heterocycles. The molecule has 0 aliphatic heterocycles. The van der Waals surface area contributed by atoms with Crippen LogP contribution in [0.1, 0.15) is 31.1 Å². The molecule has 0 radical (unpaired) electrons. The van der Waals surface area contributed by atoms with Crippen LogP contribution in [0, 0.1) is 5.41 Å². The molecule has 0 heterocycles. The average Bonchev–Trinajstić information content (AvgIpc) is 2.52. The number of nitrogens with one attached hydrogen (secondary N) is 1. The number of rotatable bonds is 7. The van der Waals surface area contributed by atoms with E-state index in [9.17, 15) is 14.7 Å². The monoisotopic (exact) mass is 343 g/mol. The van der Waals surface area contributed by atoms with Gasteiger partial charge in [-0.05, 0) is 25.1 Å². The number of halogens is 1. The summed E-state index contributed by atoms with van der Waals surface area (Å²) in [7, 11) is 1.45. The third-order valence-corrected chi connectivity index (χ3v) is 3.60. The van der Waals surface area contributed by atoms with Gasteiger partial charge in [-0.2, -0.15) is 0 Å². The van der Waals surface area contributed by atoms with Crippen LogP contribution in [0.15, 0.2) is 18.2 Å². The Hall–Kier alpha value is -1.79. The Labute approximate surface area is 140 Å². The van der Waals surface area contributed by atoms with Crippen LogP contribution < -0.4 is 10.1 Å². The summed E-state index contributed by atoms with van der Waals surface area (Å²) in [5.41, 5.74) is -0.616. The van der Waals surface area contributed by atoms with Gasteiger partial charge in [0.15, 0.2) is 6.10 Å². The van der Waals surface area contributed by atoms with E-state index in [-0.39, 0.29) is 18.7 Å². The fourth-order valence-electron chi connectivity index (χ4n) is 1.90. The van der Waals surface area contributed by atoms with Gasteiger partial charge in [-0.3, -0.25) is 4.79 Å². The van der Waals surface area contributed by atoms with E-state index >= 15 is 0 Å². The van der Waals surface area contributed by atoms with Crippen LogP contribution in [-0.4, -0.2) is 43.3 Å². The number of aliphatic hydroxyl groups is 1. The molecule has 0 aliphatic rings. The SMILES string of the molecule is CCOC(=O)C(O)C(C)(C)CNC(=O)c1cc(Cl)ccc1OC. The summed E-state index contributed by atoms with van der Waals surface area (Å²) in [5.74, 6) is -0.740. The minimum atomic E-state index is -1.34. The van der Waals surface area contributed by atoms with Crippen molar-refractivity contribution in [1.29, 1.82) is 0 Å². The predicted octanol–water partition coefficient (Wildman–Crippen LogP) is 2.03. The number of methoxy groups -OCH3 is 1. The first-order valence-electron chi connectivity index (χ1n) is 7.19. The van der Waals surface area contributed by atoms with Crippen molar-refractivity contribution >= 4 is 23.5 Å². The Balaban J connectivity index is 2.79. The lowest BCUT2D eigenvalue weighted by Crippen LogP contribution is -2.45. The van der Waals surface area contributed by atoms with Crippen molar-refractivity contribution < 1.29 is 24.2 Å². The largest absolute Gasteiger partial charge is 0.496 e. The van der Waals surface area contributed by atoms with E-state index in [1.54, 1.807) is 32.9 Å². The molecule has 1 amide bonds. The standard InChI is InChI=1S/C16H22ClNO5/c1-5-23-15(21)13(19)16(2,3)9-18-14(20)11-8-10(17)6-7-12(11)22-4/h6-8,13,19H,5,9H2,1-4H3,(H,18,20). The van der Waals surface area contributed by atoms with E-state index in [1.165, 1.54) is 13.2 Å². The fraction of sp³-hybridized carbons (Fsp3) is 0.500. The summed E-state index contributed by atoms with van der Waals surface area (Å²) in [4.78, 5) is 23.9. The van der Waals surface area contributed by atoms with Crippen LogP contribution in [0.5, 0.6) is 5.75 Å². The number of carbonyl (C=O) groups is 2. The van der Waals surface area contributed by atoms with Gasteiger partial charge in [0.25, 0.3) is 5.91 Å². The first-order valence-corrected chi connectivity index (χ1v) is 7.57. The summed E-state index contributed by atoms with van der Waals surface area (Å²) in [5, 5.41) is 13.1. The molecular weight excluding hydrogens is 322 g/mol. The van der Waals surface area contributed by atoms with E-state index in [2.05, 4.69) is 5.32 Å². The van der Waals surface area contributed by atoms with Gasteiger partial charge in [0.05, 0.1) is 19.3 Å². The van der Waals surface area contributed by atoms with Gasteiger partial charge in [-0.15, -0.1) is 0 Å². The second-order valence-electron chi connectivity index (χ2n) is 5.67. The molecule has 0 aliphatic carbocycles. The lowest BCUT2D eigenvalue weighted by atomic mass is 9.86. The number of hydrogen-bond acceptors (Lipinski definition) is 5. The Morgan fingerprint density at radius 2 is 2.04 bits per heavy atom. The van der Waals surface area contributed by atoms with Crippen LogP contribution in [0.25, 0.3) is 0 Å². The van der Waals surface area contributed by atoms with Gasteiger partial charge in [0, 0.05) is 17.0 Å². The topological polar surface area (TPSA) is 84.9 Å². The molecule has 7 heteroatoms. The Kier molecular flexibility index (Phi) is 6.84. The van der Waals surface area contributed by atoms with E-state index in [0.29, 0.717) is 10.8 Å². The van der Waals surface area contributed by atoms with Crippen LogP contribution in [0.2, 0.25) is 5.02 Å². The average molecular weight is 344 g/mol. The highest BCUT2D eigenvalue weighted by molar-refractivity contribution is 6.31. The Morgan fingerprint density at radius 3 is 2.61 bits per heavy atom. The van der Waals surface area contributed by atoms with Gasteiger partial charge < -0.3 is 19.9 Å². The highest BCUT2D eigenvalue weighted by Gasteiger charge is 2.35. The van der Waals surface area contributed by atoms with Crippen molar-refractivity contribution in [2.45, 2.75) is 26.9 Å². The number of aliphatic hydroxyl groups excluding tert-OH is 1. The molecule has 0 fully saturated rings. The zero-order valence-electron chi connectivity index (χ0n) is 13.7. The van der Waals surface area contributed by atoms with Gasteiger partial charge >= 0.3 is 5.97 Å². The van der Waals surface area contributed by atoms with Crippen molar-refractivity contribution in [2.24, 2.45) is 5.41 Å². The number of amides is 1. The molecule has 2 N–H and O–H groups in total. The van der Waals surface area contributed by atoms with E-state index in [0.717, 1.165) is 0 Å². The Bertz CT molecular complexity index is 574. The van der Waals surface area contributed by atoms with Gasteiger partial charge in [0.1, 0.15) is 5.75 Å². The van der Waals surface area contributed by atoms with Gasteiger partial charge in [-0.25, -0.2) is 4.79 Å². The summed E-state index contributed by atoms with van der Waals surface area (Å²) >= 11 is 5.90. The van der Waals surface area contributed by atoms with Crippen LogP contribution >= 0.6 is 11.6 Å². The molecule has 0 bridgehead atoms. The van der Waals surface area contributed by atoms with E-state index < -0.39 is 23.4 Å². The summed E-state index contributed by atoms with van der Waals surface area (Å²) in [6.45, 7) is 5.22. The maximum Gasteiger partial charge on any atom is 0.335 e. The molecular formula is C16H22ClNO5. The lowest BCUT2D eigenvalue weighted by Gasteiger charge is -2.29. The second kappa shape index (κ2) is 8.17. The molecule has 1 atom stereocenters. The maximum atomic E-state index is 12.3. The van der Waals surface area contributed by atoms with Crippen molar-refractivity contribution in [2.75, 3.05) is 20.3 Å². The third-order valence-electron chi connectivity index (χ3n) is 3.36. The molecule has 0 saturated carbocycles. The van der Waals surface area contributed by atoms with E-state index in [1.807, 2.05) is 0 Å². The molecule has 23 heavy (non-hydrogen) atoms. The van der Waals surface area contributed by atoms with Crippen LogP contribution in [0.3, 0.4) is 0 Å². The molecule has 0 saturated heterocycles. The molecule has 1 unspecified atom stereocenters. The number of carbonyl (C=O) groups excluding carboxylic acids is 2. The first-order chi connectivity index (χ1) is 10.7. The number of benzene rings is 1. The molecule has 128 valence electrons. The maximum absolute atomic E-state index is 12.3. The van der Waals surface area contributed by atoms with Gasteiger partial charge in [0.2, 0.25) is 0 Å².